The zero-order chi connectivity index (χ0) is 16.1. The van der Waals surface area contributed by atoms with Crippen LogP contribution in [0.3, 0.4) is 0 Å². The number of rotatable bonds is 5. The number of hydrogen-bond donors (Lipinski definition) is 2. The number of carbonyl (C=O) groups is 2. The van der Waals surface area contributed by atoms with E-state index in [9.17, 15) is 9.59 Å². The van der Waals surface area contributed by atoms with E-state index in [2.05, 4.69) is 5.32 Å². The molecule has 0 spiro atoms. The van der Waals surface area contributed by atoms with Crippen molar-refractivity contribution in [3.63, 3.8) is 0 Å². The monoisotopic (exact) mass is 317 g/mol. The van der Waals surface area contributed by atoms with Crippen LogP contribution >= 0.6 is 11.6 Å². The third-order valence-corrected chi connectivity index (χ3v) is 3.48. The first-order chi connectivity index (χ1) is 10.5. The number of hydrogen-bond acceptors (Lipinski definition) is 3. The van der Waals surface area contributed by atoms with Crippen LogP contribution in [0.1, 0.15) is 22.8 Å². The molecule has 0 bridgehead atoms. The molecular weight excluding hydrogens is 302 g/mol. The first kappa shape index (κ1) is 16.2. The van der Waals surface area contributed by atoms with E-state index in [1.807, 2.05) is 6.07 Å². The van der Waals surface area contributed by atoms with Crippen molar-refractivity contribution in [3.05, 3.63) is 64.7 Å². The Hall–Kier alpha value is -2.17. The lowest BCUT2D eigenvalue weighted by Gasteiger charge is -2.13. The average Bonchev–Trinajstić information content (AvgIpc) is 2.55. The second-order valence-electron chi connectivity index (χ2n) is 4.96. The highest BCUT2D eigenvalue weighted by Crippen LogP contribution is 2.24. The summed E-state index contributed by atoms with van der Waals surface area (Å²) >= 11 is 5.97. The predicted molar refractivity (Wildman–Crippen MR) is 86.2 cm³/mol. The number of aliphatic hydroxyl groups excluding tert-OH is 1. The Morgan fingerprint density at radius 2 is 1.86 bits per heavy atom. The number of halogens is 1. The second kappa shape index (κ2) is 7.20. The van der Waals surface area contributed by atoms with Gasteiger partial charge in [0.25, 0.3) is 0 Å². The number of benzene rings is 2. The minimum absolute atomic E-state index is 0.227. The number of ketones is 1. The van der Waals surface area contributed by atoms with E-state index in [-0.39, 0.29) is 18.3 Å². The van der Waals surface area contributed by atoms with Crippen LogP contribution in [0.5, 0.6) is 0 Å². The van der Waals surface area contributed by atoms with Crippen LogP contribution in [-0.4, -0.2) is 23.4 Å². The number of amides is 1. The van der Waals surface area contributed by atoms with Gasteiger partial charge in [-0.15, -0.1) is 0 Å². The molecule has 0 aliphatic heterocycles. The van der Waals surface area contributed by atoms with E-state index in [0.29, 0.717) is 21.8 Å². The number of aliphatic hydroxyl groups is 1. The van der Waals surface area contributed by atoms with E-state index in [4.69, 9.17) is 16.7 Å². The van der Waals surface area contributed by atoms with Crippen molar-refractivity contribution >= 4 is 29.0 Å². The van der Waals surface area contributed by atoms with Gasteiger partial charge in [0.2, 0.25) is 5.91 Å². The van der Waals surface area contributed by atoms with Gasteiger partial charge in [-0.3, -0.25) is 9.59 Å². The summed E-state index contributed by atoms with van der Waals surface area (Å²) in [5, 5.41) is 12.1. The minimum Gasteiger partial charge on any atom is -0.396 e. The fraction of sp³-hybridized carbons (Fsp3) is 0.176. The molecule has 0 heterocycles. The predicted octanol–water partition coefficient (Wildman–Crippen LogP) is 3.14. The molecule has 0 aliphatic carbocycles. The molecule has 0 aliphatic rings. The molecular formula is C17H16ClNO3. The SMILES string of the molecule is CC(CO)C(=O)Nc1ccc(Cl)cc1C(=O)c1ccccc1. The maximum atomic E-state index is 12.6. The Labute approximate surface area is 133 Å². The maximum Gasteiger partial charge on any atom is 0.229 e. The lowest BCUT2D eigenvalue weighted by Crippen LogP contribution is -2.24. The van der Waals surface area contributed by atoms with Crippen LogP contribution in [0.25, 0.3) is 0 Å². The molecule has 1 atom stereocenters. The van der Waals surface area contributed by atoms with E-state index in [0.717, 1.165) is 0 Å². The highest BCUT2D eigenvalue weighted by Gasteiger charge is 2.18. The Kier molecular flexibility index (Phi) is 5.31. The van der Waals surface area contributed by atoms with Gasteiger partial charge in [0.15, 0.2) is 5.78 Å². The van der Waals surface area contributed by atoms with Gasteiger partial charge in [-0.05, 0) is 18.2 Å². The summed E-state index contributed by atoms with van der Waals surface area (Å²) in [5.41, 5.74) is 1.20. The topological polar surface area (TPSA) is 66.4 Å². The van der Waals surface area contributed by atoms with Crippen molar-refractivity contribution in [2.45, 2.75) is 6.92 Å². The van der Waals surface area contributed by atoms with Gasteiger partial charge >= 0.3 is 0 Å². The molecule has 1 unspecified atom stereocenters. The molecule has 2 aromatic rings. The minimum atomic E-state index is -0.560. The first-order valence-corrected chi connectivity index (χ1v) is 7.21. The van der Waals surface area contributed by atoms with Crippen LogP contribution in [0.4, 0.5) is 5.69 Å². The summed E-state index contributed by atoms with van der Waals surface area (Å²) in [6, 6.07) is 13.5. The van der Waals surface area contributed by atoms with Crippen LogP contribution in [-0.2, 0) is 4.79 Å². The van der Waals surface area contributed by atoms with Crippen molar-refractivity contribution in [3.8, 4) is 0 Å². The highest BCUT2D eigenvalue weighted by molar-refractivity contribution is 6.31. The van der Waals surface area contributed by atoms with Gasteiger partial charge in [-0.2, -0.15) is 0 Å². The molecule has 2 N–H and O–H groups in total. The lowest BCUT2D eigenvalue weighted by molar-refractivity contribution is -0.120. The molecule has 0 aromatic heterocycles. The maximum absolute atomic E-state index is 12.6. The van der Waals surface area contributed by atoms with Gasteiger partial charge in [0.1, 0.15) is 0 Å². The number of anilines is 1. The van der Waals surface area contributed by atoms with Crippen LogP contribution in [0.2, 0.25) is 5.02 Å². The Bertz CT molecular complexity index is 686. The van der Waals surface area contributed by atoms with Crippen molar-refractivity contribution in [1.29, 1.82) is 0 Å². The van der Waals surface area contributed by atoms with Crippen LogP contribution < -0.4 is 5.32 Å². The van der Waals surface area contributed by atoms with Gasteiger partial charge in [0, 0.05) is 16.1 Å². The largest absolute Gasteiger partial charge is 0.396 e. The highest BCUT2D eigenvalue weighted by atomic mass is 35.5. The number of carbonyl (C=O) groups excluding carboxylic acids is 2. The summed E-state index contributed by atoms with van der Waals surface area (Å²) in [4.78, 5) is 24.5. The van der Waals surface area contributed by atoms with E-state index in [1.165, 1.54) is 6.07 Å². The lowest BCUT2D eigenvalue weighted by atomic mass is 10.0. The van der Waals surface area contributed by atoms with Crippen LogP contribution in [0.15, 0.2) is 48.5 Å². The Morgan fingerprint density at radius 3 is 2.50 bits per heavy atom. The molecule has 0 saturated heterocycles. The third kappa shape index (κ3) is 3.72. The van der Waals surface area contributed by atoms with Gasteiger partial charge in [0.05, 0.1) is 18.2 Å². The fourth-order valence-electron chi connectivity index (χ4n) is 1.90. The molecule has 1 amide bonds. The van der Waals surface area contributed by atoms with Crippen LogP contribution in [0, 0.1) is 5.92 Å². The molecule has 22 heavy (non-hydrogen) atoms. The fourth-order valence-corrected chi connectivity index (χ4v) is 2.07. The van der Waals surface area contributed by atoms with Gasteiger partial charge < -0.3 is 10.4 Å². The van der Waals surface area contributed by atoms with E-state index >= 15 is 0 Å². The smallest absolute Gasteiger partial charge is 0.229 e. The molecule has 0 radical (unpaired) electrons. The summed E-state index contributed by atoms with van der Waals surface area (Å²) in [6.07, 6.45) is 0. The molecule has 114 valence electrons. The summed E-state index contributed by atoms with van der Waals surface area (Å²) in [6.45, 7) is 1.34. The molecule has 0 saturated carbocycles. The van der Waals surface area contributed by atoms with Gasteiger partial charge in [-0.1, -0.05) is 48.9 Å². The first-order valence-electron chi connectivity index (χ1n) is 6.84. The normalized spacial score (nSPS) is 11.8. The molecule has 0 fully saturated rings. The summed E-state index contributed by atoms with van der Waals surface area (Å²) < 4.78 is 0. The summed E-state index contributed by atoms with van der Waals surface area (Å²) in [5.74, 6) is -1.14. The molecule has 2 rings (SSSR count). The van der Waals surface area contributed by atoms with Crippen molar-refractivity contribution < 1.29 is 14.7 Å². The van der Waals surface area contributed by atoms with Gasteiger partial charge in [-0.25, -0.2) is 0 Å². The molecule has 2 aromatic carbocycles. The summed E-state index contributed by atoms with van der Waals surface area (Å²) in [7, 11) is 0. The van der Waals surface area contributed by atoms with E-state index in [1.54, 1.807) is 43.3 Å². The molecule has 4 nitrogen and oxygen atoms in total. The van der Waals surface area contributed by atoms with Crippen molar-refractivity contribution in [1.82, 2.24) is 0 Å². The third-order valence-electron chi connectivity index (χ3n) is 3.24. The van der Waals surface area contributed by atoms with Crippen molar-refractivity contribution in [2.75, 3.05) is 11.9 Å². The van der Waals surface area contributed by atoms with Crippen molar-refractivity contribution in [2.24, 2.45) is 5.92 Å². The average molecular weight is 318 g/mol. The van der Waals surface area contributed by atoms with E-state index < -0.39 is 5.92 Å². The zero-order valence-corrected chi connectivity index (χ0v) is 12.8. The quantitative estimate of drug-likeness (QED) is 0.833. The standard InChI is InChI=1S/C17H16ClNO3/c1-11(10-20)17(22)19-15-8-7-13(18)9-14(15)16(21)12-5-3-2-4-6-12/h2-9,11,20H,10H2,1H3,(H,19,22). The Morgan fingerprint density at radius 1 is 1.18 bits per heavy atom. The molecule has 5 heteroatoms. The zero-order valence-electron chi connectivity index (χ0n) is 12.0. The second-order valence-corrected chi connectivity index (χ2v) is 5.39. The number of nitrogens with one attached hydrogen (secondary N) is 1. The Balaban J connectivity index is 2.36.